The zero-order valence-electron chi connectivity index (χ0n) is 42.4. The molecule has 1 aliphatic heterocycles. The standard InChI is InChI=1S/C52H86O18P2/c1-3-5-7-8-9-10-11-12-13-14-15-16-17-18-19-20-21-22-23-28-32-45(55)66-38-42-39-67-72(64,65)70-52-50(60)49(59)47(57)40(30-27-24-25-29-33-46(56)68-42)34-37-44(54)43(36-35-41(53)31-26-6-4-2)48(58)51(52)69-71(61,62)63/h10-11,13-14,16-17,24,27,34-37,40-43,47-53,57-60H,3-9,12,15,18-23,25-26,28-33,38-39H2,1-2H3,(H,64,65)(H2,61,62,63)/b11-10-,14-13-,17-16-,27-24-,36-35+,37-34-/t40-,41-,42+,43-,47+,48+,49-,50+,51+,52-/m0/s1. The Bertz CT molecular complexity index is 1810. The average Bonchev–Trinajstić information content (AvgIpc) is 3.33. The normalized spacial score (nSPS) is 29.1. The van der Waals surface area contributed by atoms with Crippen LogP contribution in [0.15, 0.2) is 72.9 Å². The Morgan fingerprint density at radius 2 is 1.43 bits per heavy atom. The maximum absolute atomic E-state index is 13.8. The Morgan fingerprint density at radius 3 is 2.08 bits per heavy atom. The minimum absolute atomic E-state index is 0.0460. The van der Waals surface area contributed by atoms with E-state index in [1.165, 1.54) is 37.8 Å². The molecule has 0 radical (unpaired) electrons. The number of unbranched alkanes of at least 4 members (excludes halogenated alkanes) is 12. The molecular weight excluding hydrogens is 975 g/mol. The van der Waals surface area contributed by atoms with Gasteiger partial charge in [0.2, 0.25) is 0 Å². The zero-order valence-corrected chi connectivity index (χ0v) is 44.2. The second kappa shape index (κ2) is 37.7. The predicted molar refractivity (Wildman–Crippen MR) is 273 cm³/mol. The number of hydrogen-bond donors (Lipinski definition) is 8. The lowest BCUT2D eigenvalue weighted by Gasteiger charge is -2.38. The third-order valence-corrected chi connectivity index (χ3v) is 13.7. The van der Waals surface area contributed by atoms with Crippen LogP contribution in [-0.2, 0) is 46.6 Å². The van der Waals surface area contributed by atoms with Crippen molar-refractivity contribution in [3.63, 3.8) is 0 Å². The maximum atomic E-state index is 13.8. The third-order valence-electron chi connectivity index (χ3n) is 12.2. The van der Waals surface area contributed by atoms with Crippen molar-refractivity contribution in [2.45, 2.75) is 210 Å². The second-order valence-corrected chi connectivity index (χ2v) is 21.1. The Morgan fingerprint density at radius 1 is 0.819 bits per heavy atom. The van der Waals surface area contributed by atoms with Crippen molar-refractivity contribution in [3.05, 3.63) is 72.9 Å². The summed E-state index contributed by atoms with van der Waals surface area (Å²) in [6.07, 6.45) is 21.0. The molecule has 11 atom stereocenters. The summed E-state index contributed by atoms with van der Waals surface area (Å²) in [5.41, 5.74) is 0. The number of carbonyl (C=O) groups is 3. The molecule has 0 aromatic carbocycles. The molecular formula is C52H86O18P2. The van der Waals surface area contributed by atoms with Crippen LogP contribution in [0.4, 0.5) is 0 Å². The molecule has 2 rings (SSSR count). The van der Waals surface area contributed by atoms with Gasteiger partial charge in [-0.1, -0.05) is 145 Å². The molecule has 20 heteroatoms. The van der Waals surface area contributed by atoms with Gasteiger partial charge in [0.05, 0.1) is 30.8 Å². The van der Waals surface area contributed by atoms with Gasteiger partial charge in [-0.25, -0.2) is 9.13 Å². The molecule has 1 heterocycles. The van der Waals surface area contributed by atoms with Gasteiger partial charge in [0.15, 0.2) is 11.9 Å². The van der Waals surface area contributed by atoms with Crippen LogP contribution in [0.2, 0.25) is 0 Å². The van der Waals surface area contributed by atoms with E-state index in [9.17, 15) is 63.7 Å². The number of cyclic esters (lactones) is 1. The van der Waals surface area contributed by atoms with Crippen molar-refractivity contribution in [2.75, 3.05) is 13.2 Å². The van der Waals surface area contributed by atoms with Gasteiger partial charge in [-0.05, 0) is 76.7 Å². The minimum Gasteiger partial charge on any atom is -0.462 e. The van der Waals surface area contributed by atoms with Crippen LogP contribution in [0.3, 0.4) is 0 Å². The Hall–Kier alpha value is -2.93. The Balaban J connectivity index is 2.14. The fraction of sp³-hybridized carbons (Fsp3) is 0.712. The number of esters is 2. The number of aliphatic hydroxyl groups excluding tert-OH is 5. The van der Waals surface area contributed by atoms with Gasteiger partial charge < -0.3 is 49.7 Å². The van der Waals surface area contributed by atoms with Crippen molar-refractivity contribution >= 4 is 33.4 Å². The first-order valence-electron chi connectivity index (χ1n) is 26.0. The van der Waals surface area contributed by atoms with E-state index in [0.29, 0.717) is 19.3 Å². The largest absolute Gasteiger partial charge is 0.472 e. The maximum Gasteiger partial charge on any atom is 0.472 e. The van der Waals surface area contributed by atoms with Crippen molar-refractivity contribution < 1.29 is 86.8 Å². The molecule has 18 nitrogen and oxygen atoms in total. The Labute approximate surface area is 427 Å². The van der Waals surface area contributed by atoms with Crippen LogP contribution in [0.1, 0.15) is 162 Å². The highest BCUT2D eigenvalue weighted by Crippen LogP contribution is 2.49. The molecule has 72 heavy (non-hydrogen) atoms. The topological polar surface area (TPSA) is 293 Å². The van der Waals surface area contributed by atoms with Gasteiger partial charge in [-0.3, -0.25) is 28.0 Å². The van der Waals surface area contributed by atoms with E-state index in [1.54, 1.807) is 12.2 Å². The predicted octanol–water partition coefficient (Wildman–Crippen LogP) is 8.40. The number of allylic oxidation sites excluding steroid dienone is 9. The van der Waals surface area contributed by atoms with Gasteiger partial charge in [-0.15, -0.1) is 0 Å². The van der Waals surface area contributed by atoms with Gasteiger partial charge in [0.25, 0.3) is 0 Å². The van der Waals surface area contributed by atoms with Gasteiger partial charge in [0.1, 0.15) is 31.0 Å². The van der Waals surface area contributed by atoms with Crippen molar-refractivity contribution in [3.8, 4) is 0 Å². The molecule has 0 aromatic rings. The SMILES string of the molecule is CCCCCC/C=C\C/C=C\C/C=C\CCCCCCCCC(=O)OC[C@@H]1COP(=O)(O)O[C@H]2[C@H](O)[C@@H](O)[C@H](O)[C@H](/C=C\C(=O)[C@H](/C=C/[C@@H](O)CCCCC)[C@@H](O)[C@H]2OP(=O)(O)O)C/C=C\CCCC(=O)O1. The van der Waals surface area contributed by atoms with Crippen LogP contribution in [-0.4, -0.2) is 120 Å². The number of phosphoric ester groups is 2. The van der Waals surface area contributed by atoms with Gasteiger partial charge in [0, 0.05) is 18.8 Å². The first kappa shape index (κ1) is 65.2. The minimum atomic E-state index is -5.76. The lowest BCUT2D eigenvalue weighted by Crippen LogP contribution is -2.56. The van der Waals surface area contributed by atoms with E-state index in [4.69, 9.17) is 23.0 Å². The fourth-order valence-electron chi connectivity index (χ4n) is 8.05. The molecule has 412 valence electrons. The van der Waals surface area contributed by atoms with Crippen LogP contribution >= 0.6 is 15.6 Å². The first-order valence-corrected chi connectivity index (χ1v) is 29.1. The number of fused-ring (bicyclic) bond motifs is 4. The van der Waals surface area contributed by atoms with Crippen molar-refractivity contribution in [2.24, 2.45) is 11.8 Å². The smallest absolute Gasteiger partial charge is 0.462 e. The van der Waals surface area contributed by atoms with E-state index in [1.807, 2.05) is 6.92 Å². The molecule has 0 aromatic heterocycles. The molecule has 0 saturated heterocycles. The number of rotatable bonds is 28. The summed E-state index contributed by atoms with van der Waals surface area (Å²) in [7, 11) is -11.4. The van der Waals surface area contributed by atoms with Crippen LogP contribution < -0.4 is 0 Å². The van der Waals surface area contributed by atoms with Crippen molar-refractivity contribution in [1.29, 1.82) is 0 Å². The second-order valence-electron chi connectivity index (χ2n) is 18.5. The summed E-state index contributed by atoms with van der Waals surface area (Å²) < 4.78 is 52.1. The summed E-state index contributed by atoms with van der Waals surface area (Å²) in [5, 5.41) is 56.5. The molecule has 0 fully saturated rings. The molecule has 2 bridgehead atoms. The quantitative estimate of drug-likeness (QED) is 0.0158. The molecule has 1 aliphatic carbocycles. The van der Waals surface area contributed by atoms with Gasteiger partial charge >= 0.3 is 27.6 Å². The zero-order chi connectivity index (χ0) is 53.2. The van der Waals surface area contributed by atoms with E-state index in [-0.39, 0.29) is 32.1 Å². The van der Waals surface area contributed by atoms with E-state index < -0.39 is 107 Å². The molecule has 0 saturated carbocycles. The van der Waals surface area contributed by atoms with E-state index >= 15 is 0 Å². The summed E-state index contributed by atoms with van der Waals surface area (Å²) >= 11 is 0. The van der Waals surface area contributed by atoms with Crippen molar-refractivity contribution in [1.82, 2.24) is 0 Å². The highest BCUT2D eigenvalue weighted by Gasteiger charge is 2.50. The summed E-state index contributed by atoms with van der Waals surface area (Å²) in [6.45, 7) is 2.59. The van der Waals surface area contributed by atoms with Crippen LogP contribution in [0.5, 0.6) is 0 Å². The molecule has 0 amide bonds. The fourth-order valence-corrected chi connectivity index (χ4v) is 9.58. The Kier molecular flexibility index (Phi) is 34.2. The van der Waals surface area contributed by atoms with E-state index in [0.717, 1.165) is 82.8 Å². The average molecular weight is 1060 g/mol. The number of aliphatic hydroxyl groups is 5. The lowest BCUT2D eigenvalue weighted by atomic mass is 9.87. The van der Waals surface area contributed by atoms with E-state index in [2.05, 4.69) is 43.4 Å². The summed E-state index contributed by atoms with van der Waals surface area (Å²) in [5.74, 6) is -5.30. The van der Waals surface area contributed by atoms with Crippen LogP contribution in [0, 0.1) is 11.8 Å². The first-order chi connectivity index (χ1) is 34.4. The lowest BCUT2D eigenvalue weighted by molar-refractivity contribution is -0.163. The summed E-state index contributed by atoms with van der Waals surface area (Å²) in [6, 6.07) is 0. The number of ether oxygens (including phenoxy) is 2. The third kappa shape index (κ3) is 29.2. The molecule has 1 unspecified atom stereocenters. The highest BCUT2D eigenvalue weighted by molar-refractivity contribution is 7.47. The van der Waals surface area contributed by atoms with Gasteiger partial charge in [-0.2, -0.15) is 0 Å². The van der Waals surface area contributed by atoms with Crippen LogP contribution in [0.25, 0.3) is 0 Å². The summed E-state index contributed by atoms with van der Waals surface area (Å²) in [4.78, 5) is 70.4. The monoisotopic (exact) mass is 1060 g/mol. The molecule has 0 spiro atoms. The highest BCUT2D eigenvalue weighted by atomic mass is 31.2. The number of hydrogen-bond acceptors (Lipinski definition) is 15. The number of carbonyl (C=O) groups excluding carboxylic acids is 3. The molecule has 8 N–H and O–H groups in total. The molecule has 2 aliphatic rings. The number of ketones is 1. The number of phosphoric acid groups is 2.